The van der Waals surface area contributed by atoms with Gasteiger partial charge in [0.25, 0.3) is 0 Å². The van der Waals surface area contributed by atoms with E-state index in [9.17, 15) is 9.59 Å². The Balaban J connectivity index is 1.61. The summed E-state index contributed by atoms with van der Waals surface area (Å²) in [4.78, 5) is 32.3. The highest BCUT2D eigenvalue weighted by Crippen LogP contribution is 2.26. The van der Waals surface area contributed by atoms with E-state index >= 15 is 0 Å². The fraction of sp³-hybridized carbons (Fsp3) is 0.421. The average Bonchev–Trinajstić information content (AvgIpc) is 3.15. The minimum absolute atomic E-state index is 0.0565. The molecular formula is C19H24N4O2. The van der Waals surface area contributed by atoms with Crippen LogP contribution in [0.2, 0.25) is 0 Å². The molecule has 2 amide bonds. The minimum Gasteiger partial charge on any atom is -0.339 e. The van der Waals surface area contributed by atoms with E-state index in [-0.39, 0.29) is 17.9 Å². The van der Waals surface area contributed by atoms with Crippen LogP contribution in [0, 0.1) is 0 Å². The number of nitrogens with zero attached hydrogens (tertiary/aromatic N) is 4. The van der Waals surface area contributed by atoms with Crippen molar-refractivity contribution in [2.24, 2.45) is 0 Å². The van der Waals surface area contributed by atoms with Gasteiger partial charge in [-0.05, 0) is 12.0 Å². The third-order valence-corrected chi connectivity index (χ3v) is 4.69. The summed E-state index contributed by atoms with van der Waals surface area (Å²) >= 11 is 0. The minimum atomic E-state index is -0.0648. The highest BCUT2D eigenvalue weighted by Gasteiger charge is 2.31. The van der Waals surface area contributed by atoms with Crippen molar-refractivity contribution in [3.05, 3.63) is 54.6 Å². The lowest BCUT2D eigenvalue weighted by Crippen LogP contribution is -2.51. The van der Waals surface area contributed by atoms with Crippen LogP contribution < -0.4 is 0 Å². The number of aryl methyl sites for hydroxylation is 1. The molecule has 1 atom stereocenters. The summed E-state index contributed by atoms with van der Waals surface area (Å²) in [5, 5.41) is 0. The number of carbonyl (C=O) groups excluding carboxylic acids is 2. The molecule has 1 saturated heterocycles. The van der Waals surface area contributed by atoms with Gasteiger partial charge >= 0.3 is 0 Å². The molecule has 1 aromatic heterocycles. The van der Waals surface area contributed by atoms with Gasteiger partial charge in [-0.3, -0.25) is 9.59 Å². The third kappa shape index (κ3) is 4.26. The summed E-state index contributed by atoms with van der Waals surface area (Å²) < 4.78 is 1.98. The van der Waals surface area contributed by atoms with Gasteiger partial charge < -0.3 is 14.4 Å². The monoisotopic (exact) mass is 340 g/mol. The maximum Gasteiger partial charge on any atom is 0.222 e. The second-order valence-corrected chi connectivity index (χ2v) is 6.38. The summed E-state index contributed by atoms with van der Waals surface area (Å²) in [7, 11) is 0. The van der Waals surface area contributed by atoms with Gasteiger partial charge in [-0.2, -0.15) is 0 Å². The van der Waals surface area contributed by atoms with E-state index in [0.717, 1.165) is 18.5 Å². The summed E-state index contributed by atoms with van der Waals surface area (Å²) in [5.41, 5.74) is 1.08. The maximum absolute atomic E-state index is 12.6. The van der Waals surface area contributed by atoms with Gasteiger partial charge in [-0.1, -0.05) is 30.3 Å². The van der Waals surface area contributed by atoms with E-state index in [2.05, 4.69) is 4.98 Å². The predicted octanol–water partition coefficient (Wildman–Crippen LogP) is 2.10. The first-order valence-electron chi connectivity index (χ1n) is 8.71. The smallest absolute Gasteiger partial charge is 0.222 e. The van der Waals surface area contributed by atoms with Crippen LogP contribution in [0.5, 0.6) is 0 Å². The maximum atomic E-state index is 12.6. The molecule has 0 radical (unpaired) electrons. The second-order valence-electron chi connectivity index (χ2n) is 6.38. The Labute approximate surface area is 148 Å². The van der Waals surface area contributed by atoms with Gasteiger partial charge in [0.15, 0.2) is 0 Å². The Bertz CT molecular complexity index is 699. The first-order valence-corrected chi connectivity index (χ1v) is 8.71. The highest BCUT2D eigenvalue weighted by molar-refractivity contribution is 5.78. The van der Waals surface area contributed by atoms with Crippen molar-refractivity contribution < 1.29 is 9.59 Å². The number of hydrogen-bond acceptors (Lipinski definition) is 3. The van der Waals surface area contributed by atoms with Crippen molar-refractivity contribution >= 4 is 11.8 Å². The zero-order valence-electron chi connectivity index (χ0n) is 14.5. The molecule has 25 heavy (non-hydrogen) atoms. The molecule has 0 saturated carbocycles. The Morgan fingerprint density at radius 2 is 2.00 bits per heavy atom. The van der Waals surface area contributed by atoms with Crippen LogP contribution in [0.25, 0.3) is 0 Å². The van der Waals surface area contributed by atoms with E-state index in [1.807, 2.05) is 50.9 Å². The Morgan fingerprint density at radius 1 is 1.20 bits per heavy atom. The molecule has 1 fully saturated rings. The molecule has 3 rings (SSSR count). The molecule has 1 aliphatic heterocycles. The third-order valence-electron chi connectivity index (χ3n) is 4.69. The number of piperazine rings is 1. The first kappa shape index (κ1) is 17.2. The zero-order valence-corrected chi connectivity index (χ0v) is 14.5. The van der Waals surface area contributed by atoms with E-state index in [1.54, 1.807) is 19.4 Å². The molecule has 6 nitrogen and oxygen atoms in total. The van der Waals surface area contributed by atoms with Crippen molar-refractivity contribution in [1.29, 1.82) is 0 Å². The van der Waals surface area contributed by atoms with Crippen LogP contribution in [-0.2, 0) is 16.1 Å². The van der Waals surface area contributed by atoms with Crippen molar-refractivity contribution in [2.45, 2.75) is 32.4 Å². The molecule has 6 heteroatoms. The summed E-state index contributed by atoms with van der Waals surface area (Å²) in [6.07, 6.45) is 6.72. The van der Waals surface area contributed by atoms with Crippen molar-refractivity contribution in [2.75, 3.05) is 19.6 Å². The second kappa shape index (κ2) is 7.96. The van der Waals surface area contributed by atoms with Gasteiger partial charge in [0.2, 0.25) is 11.8 Å². The largest absolute Gasteiger partial charge is 0.339 e. The molecule has 0 bridgehead atoms. The summed E-state index contributed by atoms with van der Waals surface area (Å²) in [6, 6.07) is 9.88. The fourth-order valence-electron chi connectivity index (χ4n) is 3.34. The van der Waals surface area contributed by atoms with E-state index in [4.69, 9.17) is 0 Å². The lowest BCUT2D eigenvalue weighted by molar-refractivity contribution is -0.142. The van der Waals surface area contributed by atoms with E-state index in [0.29, 0.717) is 26.1 Å². The van der Waals surface area contributed by atoms with Crippen LogP contribution >= 0.6 is 0 Å². The molecule has 0 aliphatic carbocycles. The molecule has 0 N–H and O–H groups in total. The molecule has 2 aromatic rings. The molecular weight excluding hydrogens is 316 g/mol. The molecule has 132 valence electrons. The lowest BCUT2D eigenvalue weighted by atomic mass is 10.0. The van der Waals surface area contributed by atoms with Crippen LogP contribution in [0.15, 0.2) is 49.1 Å². The molecule has 0 spiro atoms. The van der Waals surface area contributed by atoms with Crippen molar-refractivity contribution in [1.82, 2.24) is 19.4 Å². The summed E-state index contributed by atoms with van der Waals surface area (Å²) in [6.45, 7) is 4.14. The number of carbonyl (C=O) groups is 2. The first-order chi connectivity index (χ1) is 12.1. The van der Waals surface area contributed by atoms with Gasteiger partial charge in [0.1, 0.15) is 0 Å². The lowest BCUT2D eigenvalue weighted by Gasteiger charge is -2.41. The number of hydrogen-bond donors (Lipinski definition) is 0. The predicted molar refractivity (Wildman–Crippen MR) is 94.6 cm³/mol. The Hall–Kier alpha value is -2.63. The summed E-state index contributed by atoms with van der Waals surface area (Å²) in [5.74, 6) is 0.213. The van der Waals surface area contributed by atoms with Gasteiger partial charge in [0.05, 0.1) is 12.4 Å². The van der Waals surface area contributed by atoms with Crippen LogP contribution in [0.1, 0.15) is 31.4 Å². The molecule has 1 aromatic carbocycles. The topological polar surface area (TPSA) is 58.4 Å². The SMILES string of the molecule is CC(=O)N1CCN(C(=O)CCCn2ccnc2)C[C@@H]1c1ccccc1. The standard InChI is InChI=1S/C19H24N4O2/c1-16(24)23-13-12-22(14-18(23)17-6-3-2-4-7-17)19(25)8-5-10-21-11-9-20-15-21/h2-4,6-7,9,11,15,18H,5,8,10,12-14H2,1H3/t18-/m1/s1. The number of aromatic nitrogens is 2. The van der Waals surface area contributed by atoms with Crippen molar-refractivity contribution in [3.8, 4) is 0 Å². The van der Waals surface area contributed by atoms with Crippen LogP contribution in [0.3, 0.4) is 0 Å². The molecule has 0 unspecified atom stereocenters. The van der Waals surface area contributed by atoms with Crippen LogP contribution in [-0.4, -0.2) is 50.8 Å². The number of amides is 2. The van der Waals surface area contributed by atoms with Gasteiger partial charge in [-0.15, -0.1) is 0 Å². The van der Waals surface area contributed by atoms with E-state index < -0.39 is 0 Å². The van der Waals surface area contributed by atoms with E-state index in [1.165, 1.54) is 0 Å². The fourth-order valence-corrected chi connectivity index (χ4v) is 3.34. The molecule has 1 aliphatic rings. The number of imidazole rings is 1. The average molecular weight is 340 g/mol. The normalized spacial score (nSPS) is 17.6. The highest BCUT2D eigenvalue weighted by atomic mass is 16.2. The number of benzene rings is 1. The van der Waals surface area contributed by atoms with Crippen LogP contribution in [0.4, 0.5) is 0 Å². The zero-order chi connectivity index (χ0) is 17.6. The van der Waals surface area contributed by atoms with Gasteiger partial charge in [-0.25, -0.2) is 4.98 Å². The van der Waals surface area contributed by atoms with Gasteiger partial charge in [0, 0.05) is 51.9 Å². The molecule has 2 heterocycles. The quantitative estimate of drug-likeness (QED) is 0.837. The number of rotatable bonds is 5. The Morgan fingerprint density at radius 3 is 2.68 bits per heavy atom. The van der Waals surface area contributed by atoms with Crippen molar-refractivity contribution in [3.63, 3.8) is 0 Å². The Kier molecular flexibility index (Phi) is 5.48.